The average molecular weight is 173 g/mol. The Hall–Kier alpha value is -1.44. The van der Waals surface area contributed by atoms with Gasteiger partial charge in [0.25, 0.3) is 0 Å². The summed E-state index contributed by atoms with van der Waals surface area (Å²) >= 11 is 0. The topological polar surface area (TPSA) is 30.0 Å². The zero-order valence-electron chi connectivity index (χ0n) is 7.31. The molecule has 0 unspecified atom stereocenters. The smallest absolute Gasteiger partial charge is 0.185 e. The molecule has 1 saturated carbocycles. The highest BCUT2D eigenvalue weighted by molar-refractivity contribution is 6.04. The Labute approximate surface area is 77.3 Å². The van der Waals surface area contributed by atoms with Crippen LogP contribution in [0.1, 0.15) is 23.2 Å². The number of aromatic nitrogens is 1. The number of hydrogen-bond acceptors (Lipinski definition) is 2. The molecule has 0 saturated heterocycles. The van der Waals surface area contributed by atoms with Crippen molar-refractivity contribution in [3.63, 3.8) is 0 Å². The Balaban J connectivity index is 2.04. The van der Waals surface area contributed by atoms with Gasteiger partial charge in [0.05, 0.1) is 0 Å². The Bertz CT molecular complexity index is 325. The second-order valence-electron chi connectivity index (χ2n) is 3.30. The molecule has 1 aromatic rings. The van der Waals surface area contributed by atoms with E-state index in [-0.39, 0.29) is 5.78 Å². The van der Waals surface area contributed by atoms with Crippen molar-refractivity contribution < 1.29 is 4.79 Å². The van der Waals surface area contributed by atoms with Crippen molar-refractivity contribution in [2.75, 3.05) is 0 Å². The lowest BCUT2D eigenvalue weighted by Crippen LogP contribution is -1.93. The second kappa shape index (κ2) is 3.52. The highest BCUT2D eigenvalue weighted by Crippen LogP contribution is 2.30. The largest absolute Gasteiger partial charge is 0.289 e. The monoisotopic (exact) mass is 173 g/mol. The molecule has 0 atom stereocenters. The number of nitrogens with zero attached hydrogens (tertiary/aromatic N) is 1. The molecule has 66 valence electrons. The third-order valence-corrected chi connectivity index (χ3v) is 2.11. The summed E-state index contributed by atoms with van der Waals surface area (Å²) in [6, 6.07) is 3.47. The number of ketones is 1. The van der Waals surface area contributed by atoms with Crippen molar-refractivity contribution in [1.29, 1.82) is 0 Å². The van der Waals surface area contributed by atoms with E-state index in [4.69, 9.17) is 0 Å². The molecular formula is C11H11NO. The van der Waals surface area contributed by atoms with Crippen molar-refractivity contribution in [3.05, 3.63) is 42.2 Å². The molecule has 0 spiro atoms. The number of carbonyl (C=O) groups is 1. The molecule has 13 heavy (non-hydrogen) atoms. The molecule has 1 aliphatic carbocycles. The van der Waals surface area contributed by atoms with Gasteiger partial charge in [-0.1, -0.05) is 6.08 Å². The minimum Gasteiger partial charge on any atom is -0.289 e. The summed E-state index contributed by atoms with van der Waals surface area (Å²) < 4.78 is 0. The van der Waals surface area contributed by atoms with Gasteiger partial charge in [-0.3, -0.25) is 9.78 Å². The fourth-order valence-corrected chi connectivity index (χ4v) is 1.12. The van der Waals surface area contributed by atoms with Gasteiger partial charge in [0.1, 0.15) is 0 Å². The molecule has 2 nitrogen and oxygen atoms in total. The van der Waals surface area contributed by atoms with Gasteiger partial charge >= 0.3 is 0 Å². The first-order valence-corrected chi connectivity index (χ1v) is 4.49. The number of rotatable bonds is 3. The number of hydrogen-bond donors (Lipinski definition) is 0. The maximum atomic E-state index is 11.5. The predicted molar refractivity (Wildman–Crippen MR) is 50.4 cm³/mol. The highest BCUT2D eigenvalue weighted by Gasteiger charge is 2.17. The predicted octanol–water partition coefficient (Wildman–Crippen LogP) is 2.23. The fourth-order valence-electron chi connectivity index (χ4n) is 1.12. The fraction of sp³-hybridized carbons (Fsp3) is 0.273. The molecule has 0 aromatic carbocycles. The average Bonchev–Trinajstić information content (AvgIpc) is 2.99. The van der Waals surface area contributed by atoms with Gasteiger partial charge in [-0.25, -0.2) is 0 Å². The van der Waals surface area contributed by atoms with Gasteiger partial charge in [-0.15, -0.1) is 0 Å². The van der Waals surface area contributed by atoms with Gasteiger partial charge in [-0.05, 0) is 37.0 Å². The van der Waals surface area contributed by atoms with E-state index < -0.39 is 0 Å². The van der Waals surface area contributed by atoms with Crippen LogP contribution in [-0.4, -0.2) is 10.8 Å². The maximum Gasteiger partial charge on any atom is 0.185 e. The van der Waals surface area contributed by atoms with Crippen molar-refractivity contribution in [2.45, 2.75) is 12.8 Å². The molecule has 0 N–H and O–H groups in total. The lowest BCUT2D eigenvalue weighted by Gasteiger charge is -1.92. The van der Waals surface area contributed by atoms with Crippen LogP contribution in [-0.2, 0) is 0 Å². The van der Waals surface area contributed by atoms with Crippen molar-refractivity contribution >= 4 is 5.78 Å². The number of allylic oxidation sites excluding steroid dienone is 2. The van der Waals surface area contributed by atoms with Gasteiger partial charge in [0.15, 0.2) is 5.78 Å². The molecule has 1 heterocycles. The Morgan fingerprint density at radius 2 is 2.08 bits per heavy atom. The van der Waals surface area contributed by atoms with Crippen LogP contribution in [0.4, 0.5) is 0 Å². The van der Waals surface area contributed by atoms with Crippen LogP contribution in [0.25, 0.3) is 0 Å². The van der Waals surface area contributed by atoms with E-state index in [9.17, 15) is 4.79 Å². The standard InChI is InChI=1S/C11H11NO/c13-11(4-3-9-1-2-9)10-5-7-12-8-6-10/h3-9H,1-2H2/b4-3+. The summed E-state index contributed by atoms with van der Waals surface area (Å²) in [6.45, 7) is 0. The lowest BCUT2D eigenvalue weighted by atomic mass is 10.1. The van der Waals surface area contributed by atoms with E-state index >= 15 is 0 Å². The molecule has 0 radical (unpaired) electrons. The van der Waals surface area contributed by atoms with Gasteiger partial charge in [0, 0.05) is 18.0 Å². The number of carbonyl (C=O) groups excluding carboxylic acids is 1. The molecule has 0 amide bonds. The maximum absolute atomic E-state index is 11.5. The van der Waals surface area contributed by atoms with Crippen molar-refractivity contribution in [2.24, 2.45) is 5.92 Å². The van der Waals surface area contributed by atoms with E-state index in [0.29, 0.717) is 11.5 Å². The van der Waals surface area contributed by atoms with Crippen LogP contribution in [0.15, 0.2) is 36.7 Å². The second-order valence-corrected chi connectivity index (χ2v) is 3.30. The molecule has 1 aliphatic rings. The summed E-state index contributed by atoms with van der Waals surface area (Å²) in [5.41, 5.74) is 0.715. The van der Waals surface area contributed by atoms with Crippen LogP contribution in [0.5, 0.6) is 0 Å². The van der Waals surface area contributed by atoms with Gasteiger partial charge in [0.2, 0.25) is 0 Å². The first kappa shape index (κ1) is 8.17. The molecular weight excluding hydrogens is 162 g/mol. The Morgan fingerprint density at radius 1 is 1.38 bits per heavy atom. The number of pyridine rings is 1. The molecule has 1 fully saturated rings. The summed E-state index contributed by atoms with van der Waals surface area (Å²) in [4.78, 5) is 15.3. The quantitative estimate of drug-likeness (QED) is 0.518. The van der Waals surface area contributed by atoms with E-state index in [1.807, 2.05) is 6.08 Å². The van der Waals surface area contributed by atoms with Crippen molar-refractivity contribution in [1.82, 2.24) is 4.98 Å². The summed E-state index contributed by atoms with van der Waals surface area (Å²) in [5, 5.41) is 0. The molecule has 1 aromatic heterocycles. The molecule has 2 heteroatoms. The van der Waals surface area contributed by atoms with Crippen LogP contribution in [0.2, 0.25) is 0 Å². The van der Waals surface area contributed by atoms with Crippen LogP contribution in [0.3, 0.4) is 0 Å². The van der Waals surface area contributed by atoms with Gasteiger partial charge < -0.3 is 0 Å². The SMILES string of the molecule is O=C(/C=C/C1CC1)c1ccncc1. The third kappa shape index (κ3) is 2.25. The van der Waals surface area contributed by atoms with Crippen LogP contribution < -0.4 is 0 Å². The van der Waals surface area contributed by atoms with Gasteiger partial charge in [-0.2, -0.15) is 0 Å². The lowest BCUT2D eigenvalue weighted by molar-refractivity contribution is 0.104. The van der Waals surface area contributed by atoms with E-state index in [1.54, 1.807) is 30.6 Å². The normalized spacial score (nSPS) is 16.3. The summed E-state index contributed by atoms with van der Waals surface area (Å²) in [7, 11) is 0. The molecule has 0 aliphatic heterocycles. The van der Waals surface area contributed by atoms with E-state index in [2.05, 4.69) is 4.98 Å². The zero-order chi connectivity index (χ0) is 9.10. The minimum absolute atomic E-state index is 0.0781. The Morgan fingerprint density at radius 3 is 2.69 bits per heavy atom. The summed E-state index contributed by atoms with van der Waals surface area (Å²) in [5.74, 6) is 0.736. The highest BCUT2D eigenvalue weighted by atomic mass is 16.1. The van der Waals surface area contributed by atoms with E-state index in [1.165, 1.54) is 12.8 Å². The molecule has 0 bridgehead atoms. The van der Waals surface area contributed by atoms with Crippen LogP contribution in [0, 0.1) is 5.92 Å². The zero-order valence-corrected chi connectivity index (χ0v) is 7.31. The summed E-state index contributed by atoms with van der Waals surface area (Å²) in [6.07, 6.45) is 9.42. The third-order valence-electron chi connectivity index (χ3n) is 2.11. The van der Waals surface area contributed by atoms with Crippen molar-refractivity contribution in [3.8, 4) is 0 Å². The Kier molecular flexibility index (Phi) is 2.21. The molecule has 2 rings (SSSR count). The first-order chi connectivity index (χ1) is 6.36. The van der Waals surface area contributed by atoms with Crippen LogP contribution >= 0.6 is 0 Å². The van der Waals surface area contributed by atoms with E-state index in [0.717, 1.165) is 0 Å². The first-order valence-electron chi connectivity index (χ1n) is 4.49. The minimum atomic E-state index is 0.0781.